The van der Waals surface area contributed by atoms with Gasteiger partial charge in [-0.2, -0.15) is 0 Å². The van der Waals surface area contributed by atoms with Gasteiger partial charge in [-0.05, 0) is 112 Å². The summed E-state index contributed by atoms with van der Waals surface area (Å²) < 4.78 is 0. The van der Waals surface area contributed by atoms with Gasteiger partial charge in [-0.15, -0.1) is 0 Å². The maximum absolute atomic E-state index is 14.9. The fraction of sp³-hybridized carbons (Fsp3) is 0.617. The molecule has 5 heterocycles. The Morgan fingerprint density at radius 3 is 1.68 bits per heavy atom. The number of para-hydroxylation sites is 1. The summed E-state index contributed by atoms with van der Waals surface area (Å²) in [5, 5.41) is 41.1. The third-order valence-electron chi connectivity index (χ3n) is 21.6. The number of primary amides is 1. The zero-order valence-electron chi connectivity index (χ0n) is 65.9. The molecule has 3 aliphatic rings. The molecular formula is C81H118N14O17. The van der Waals surface area contributed by atoms with Crippen LogP contribution in [-0.2, 0) is 86.4 Å². The minimum Gasteiger partial charge on any atom is -0.480 e. The molecule has 3 aliphatic heterocycles. The van der Waals surface area contributed by atoms with Gasteiger partial charge >= 0.3 is 17.9 Å². The fourth-order valence-corrected chi connectivity index (χ4v) is 15.5. The largest absolute Gasteiger partial charge is 0.480 e. The van der Waals surface area contributed by atoms with Crippen LogP contribution in [0.15, 0.2) is 73.3 Å². The maximum Gasteiger partial charge on any atom is 0.317 e. The summed E-state index contributed by atoms with van der Waals surface area (Å²) in [7, 11) is 0. The molecule has 0 saturated carbocycles. The van der Waals surface area contributed by atoms with Crippen molar-refractivity contribution in [3.63, 3.8) is 0 Å². The number of nitrogens with two attached hydrogens (primary N) is 1. The molecule has 2 aromatic carbocycles. The summed E-state index contributed by atoms with van der Waals surface area (Å²) in [6.45, 7) is 14.1. The fourth-order valence-electron chi connectivity index (χ4n) is 15.5. The number of benzene rings is 2. The maximum atomic E-state index is 14.9. The number of ketones is 6. The Kier molecular flexibility index (Phi) is 36.5. The average Bonchev–Trinajstić information content (AvgIpc) is 1.65. The van der Waals surface area contributed by atoms with E-state index in [-0.39, 0.29) is 171 Å². The number of nitrogens with zero attached hydrogens (tertiary/aromatic N) is 7. The molecule has 4 aromatic rings. The molecule has 112 heavy (non-hydrogen) atoms. The number of piperidine rings is 1. The topological polar surface area (TPSA) is 438 Å². The summed E-state index contributed by atoms with van der Waals surface area (Å²) in [6.07, 6.45) is 6.80. The molecule has 0 bridgehead atoms. The van der Waals surface area contributed by atoms with Crippen molar-refractivity contribution in [1.82, 2.24) is 65.6 Å². The first kappa shape index (κ1) is 89.9. The van der Waals surface area contributed by atoms with E-state index in [0.717, 1.165) is 36.7 Å². The van der Waals surface area contributed by atoms with Crippen LogP contribution in [0.25, 0.3) is 10.9 Å². The number of hydrogen-bond donors (Lipinski definition) is 10. The Hall–Kier alpha value is -9.27. The Morgan fingerprint density at radius 1 is 0.554 bits per heavy atom. The van der Waals surface area contributed by atoms with Crippen molar-refractivity contribution in [3.05, 3.63) is 90.1 Å². The number of aromatic nitrogens is 3. The van der Waals surface area contributed by atoms with Crippen molar-refractivity contribution in [2.24, 2.45) is 41.2 Å². The lowest BCUT2D eigenvalue weighted by molar-refractivity contribution is -0.140. The van der Waals surface area contributed by atoms with E-state index >= 15 is 0 Å². The number of rotatable bonds is 46. The van der Waals surface area contributed by atoms with Gasteiger partial charge in [0, 0.05) is 158 Å². The van der Waals surface area contributed by atoms with Crippen LogP contribution in [0, 0.1) is 35.5 Å². The summed E-state index contributed by atoms with van der Waals surface area (Å²) in [6, 6.07) is 11.6. The van der Waals surface area contributed by atoms with Crippen molar-refractivity contribution >= 4 is 93.0 Å². The van der Waals surface area contributed by atoms with E-state index in [1.807, 2.05) is 34.1 Å². The van der Waals surface area contributed by atoms with E-state index in [4.69, 9.17) is 5.73 Å². The second kappa shape index (κ2) is 45.4. The van der Waals surface area contributed by atoms with Gasteiger partial charge in [0.25, 0.3) is 0 Å². The number of hydrogen-bond acceptors (Lipinski definition) is 21. The quantitative estimate of drug-likeness (QED) is 0.0304. The first-order valence-corrected chi connectivity index (χ1v) is 39.5. The Morgan fingerprint density at radius 2 is 1.11 bits per heavy atom. The molecule has 0 aliphatic carbocycles. The summed E-state index contributed by atoms with van der Waals surface area (Å²) in [4.78, 5) is 210. The number of carbonyl (C=O) groups excluding carboxylic acids is 11. The first-order chi connectivity index (χ1) is 53.3. The third kappa shape index (κ3) is 31.0. The highest BCUT2D eigenvalue weighted by atomic mass is 16.4. The van der Waals surface area contributed by atoms with Crippen molar-refractivity contribution in [2.45, 2.75) is 174 Å². The molecule has 0 spiro atoms. The average molecular weight is 1560 g/mol. The predicted molar refractivity (Wildman–Crippen MR) is 417 cm³/mol. The van der Waals surface area contributed by atoms with Crippen LogP contribution in [0.5, 0.6) is 0 Å². The van der Waals surface area contributed by atoms with Gasteiger partial charge in [0.1, 0.15) is 11.6 Å². The minimum atomic E-state index is -1.29. The van der Waals surface area contributed by atoms with Gasteiger partial charge in [-0.1, -0.05) is 83.1 Å². The molecule has 11 N–H and O–H groups in total. The number of nitrogens with one attached hydrogen (secondary N) is 6. The van der Waals surface area contributed by atoms with Gasteiger partial charge in [0.05, 0.1) is 69.3 Å². The molecule has 31 heteroatoms. The van der Waals surface area contributed by atoms with Crippen molar-refractivity contribution < 1.29 is 82.4 Å². The molecule has 3 saturated heterocycles. The summed E-state index contributed by atoms with van der Waals surface area (Å²) in [5.41, 5.74) is 8.40. The van der Waals surface area contributed by atoms with Crippen molar-refractivity contribution in [3.8, 4) is 0 Å². The van der Waals surface area contributed by atoms with Gasteiger partial charge < -0.3 is 52.3 Å². The molecular weight excluding hydrogens is 1440 g/mol. The van der Waals surface area contributed by atoms with Crippen molar-refractivity contribution in [1.29, 1.82) is 0 Å². The van der Waals surface area contributed by atoms with Crippen LogP contribution in [-0.4, -0.2) is 283 Å². The molecule has 5 amide bonds. The normalized spacial score (nSPS) is 18.2. The second-order valence-corrected chi connectivity index (χ2v) is 31.7. The molecule has 7 rings (SSSR count). The number of Topliss-reactive ketones (excluding diaryl/α,β-unsaturated/α-hetero) is 6. The Bertz CT molecular complexity index is 3790. The molecule has 3 fully saturated rings. The lowest BCUT2D eigenvalue weighted by Crippen LogP contribution is -2.50. The molecule has 31 nitrogen and oxygen atoms in total. The molecule has 0 radical (unpaired) electrons. The van der Waals surface area contributed by atoms with Crippen LogP contribution >= 0.6 is 0 Å². The smallest absolute Gasteiger partial charge is 0.317 e. The SMILES string of the molecule is CC(=O)[C@@H]1CCCN1C[C@@H](CC(=O)[C@H](Cc1cnc[nH]1)NC(=O)CCC(=O)[C@@H](NC(=O)[C@H](C)CC(=O)[C@H](Cc1c[nH]c2ccccc12)NC(=O)[C@H](CCC(N)=O)CC(=O)[C@@H](Cc1ccccc1)NC(=O)CN1CCC(CC(=O)CN2CCN(CC(=O)O)CCN(CC(=O)O)CCN(CC(=O)O)CC2)CC1)C(C)C)CC(C)C. The monoisotopic (exact) mass is 1560 g/mol. The number of carboxylic acids is 3. The number of carboxylic acid groups (broad SMARTS) is 3. The lowest BCUT2D eigenvalue weighted by atomic mass is 9.88. The number of aromatic amines is 2. The number of imidazole rings is 1. The molecule has 0 unspecified atom stereocenters. The van der Waals surface area contributed by atoms with Crippen LogP contribution < -0.4 is 27.0 Å². The van der Waals surface area contributed by atoms with Gasteiger partial charge in [0.2, 0.25) is 29.5 Å². The van der Waals surface area contributed by atoms with Gasteiger partial charge in [0.15, 0.2) is 23.1 Å². The Balaban J connectivity index is 0.971. The van der Waals surface area contributed by atoms with Crippen LogP contribution in [0.1, 0.15) is 142 Å². The Labute approximate surface area is 655 Å². The molecule has 2 aromatic heterocycles. The van der Waals surface area contributed by atoms with Crippen LogP contribution in [0.4, 0.5) is 0 Å². The van der Waals surface area contributed by atoms with Gasteiger partial charge in [-0.3, -0.25) is 96.5 Å². The minimum absolute atomic E-state index is 0.0302. The van der Waals surface area contributed by atoms with E-state index in [1.165, 1.54) is 13.3 Å². The van der Waals surface area contributed by atoms with Gasteiger partial charge in [-0.25, -0.2) is 4.98 Å². The number of amides is 5. The zero-order chi connectivity index (χ0) is 81.6. The molecule has 614 valence electrons. The van der Waals surface area contributed by atoms with E-state index in [9.17, 15) is 82.4 Å². The molecule has 8 atom stereocenters. The number of H-pyrrole nitrogens is 2. The number of fused-ring (bicyclic) bond motifs is 1. The second-order valence-electron chi connectivity index (χ2n) is 31.7. The van der Waals surface area contributed by atoms with Crippen LogP contribution in [0.2, 0.25) is 0 Å². The highest BCUT2D eigenvalue weighted by molar-refractivity contribution is 5.98. The lowest BCUT2D eigenvalue weighted by Gasteiger charge is -2.33. The number of likely N-dealkylation sites (tertiary alicyclic amines) is 2. The van der Waals surface area contributed by atoms with E-state index in [0.29, 0.717) is 62.4 Å². The van der Waals surface area contributed by atoms with Crippen molar-refractivity contribution in [2.75, 3.05) is 111 Å². The highest BCUT2D eigenvalue weighted by Crippen LogP contribution is 2.28. The van der Waals surface area contributed by atoms with E-state index in [2.05, 4.69) is 55.0 Å². The van der Waals surface area contributed by atoms with E-state index < -0.39 is 120 Å². The number of aliphatic carboxylic acids is 3. The number of carbonyl (C=O) groups is 14. The zero-order valence-corrected chi connectivity index (χ0v) is 65.9. The third-order valence-corrected chi connectivity index (χ3v) is 21.6. The summed E-state index contributed by atoms with van der Waals surface area (Å²) >= 11 is 0. The first-order valence-electron chi connectivity index (χ1n) is 39.5. The van der Waals surface area contributed by atoms with E-state index in [1.54, 1.807) is 78.2 Å². The van der Waals surface area contributed by atoms with Crippen LogP contribution in [0.3, 0.4) is 0 Å². The summed E-state index contributed by atoms with van der Waals surface area (Å²) in [5.74, 6) is -10.7. The highest BCUT2D eigenvalue weighted by Gasteiger charge is 2.37. The predicted octanol–water partition coefficient (Wildman–Crippen LogP) is 3.12. The standard InChI is InChI=1S/C81H118N14O17/c1-52(2)35-58(45-95-24-12-17-68(95)55(6)96)39-71(100)67(42-61-44-83-51-85-61)86-74(103)21-19-69(98)79(53(3)4)89-80(111)54(5)36-70(99)66(40-60-43-84-64-16-11-10-15-63(60)64)88-81(112)59(18-20-73(82)102)41-72(101)65(38-56-13-8-7-9-14-56)87-75(104)47-90-25-22-57(23-26-90)37-62(97)46-91-27-29-92(48-76(105)106)31-33-94(50-78(109)110)34-32-93(30-28-91)49-77(107)108/h7-11,13-16,43-44,51-54,57-59,65-68,79,84H,12,17-42,45-50H2,1-6H3,(H2,82,102)(H,83,85)(H,86,103)(H,87,104)(H,88,112)(H,89,111)(H,105,106)(H,107,108)(H,109,110)/t54-,58-,59-,65-,66+,67+,68+,79+/m1/s1.